The summed E-state index contributed by atoms with van der Waals surface area (Å²) in [5, 5.41) is 2.57. The summed E-state index contributed by atoms with van der Waals surface area (Å²) in [4.78, 5) is 0. The third-order valence-electron chi connectivity index (χ3n) is 11.9. The lowest BCUT2D eigenvalue weighted by atomic mass is 9.69. The highest BCUT2D eigenvalue weighted by Crippen LogP contribution is 2.66. The summed E-state index contributed by atoms with van der Waals surface area (Å²) in [6.07, 6.45) is 8.09. The lowest BCUT2D eigenvalue weighted by molar-refractivity contribution is 0.708. The van der Waals surface area contributed by atoms with Crippen LogP contribution in [-0.2, 0) is 5.41 Å². The molecule has 0 bridgehead atoms. The molecule has 3 aliphatic carbocycles. The number of fused-ring (bicyclic) bond motifs is 13. The van der Waals surface area contributed by atoms with Crippen LogP contribution in [-0.4, -0.2) is 4.57 Å². The highest BCUT2D eigenvalue weighted by Gasteiger charge is 2.55. The van der Waals surface area contributed by atoms with E-state index in [1.807, 2.05) is 0 Å². The van der Waals surface area contributed by atoms with Crippen molar-refractivity contribution in [2.24, 2.45) is 0 Å². The van der Waals surface area contributed by atoms with Crippen molar-refractivity contribution in [1.82, 2.24) is 4.57 Å². The maximum atomic E-state index is 2.48. The van der Waals surface area contributed by atoms with Crippen molar-refractivity contribution in [2.45, 2.75) is 24.7 Å². The molecule has 0 fully saturated rings. The Labute approximate surface area is 298 Å². The average Bonchev–Trinajstić information content (AvgIpc) is 3.79. The summed E-state index contributed by atoms with van der Waals surface area (Å²) in [7, 11) is 0. The number of rotatable bonds is 3. The average molecular weight is 650 g/mol. The molecule has 1 heteroatoms. The van der Waals surface area contributed by atoms with Gasteiger partial charge in [-0.2, -0.15) is 0 Å². The van der Waals surface area contributed by atoms with Crippen molar-refractivity contribution in [3.8, 4) is 39.1 Å². The molecule has 1 nitrogen and oxygen atoms in total. The predicted octanol–water partition coefficient (Wildman–Crippen LogP) is 12.7. The number of hydrogen-bond donors (Lipinski definition) is 0. The zero-order valence-electron chi connectivity index (χ0n) is 28.5. The van der Waals surface area contributed by atoms with Crippen LogP contribution in [0.3, 0.4) is 0 Å². The van der Waals surface area contributed by atoms with Crippen molar-refractivity contribution < 1.29 is 0 Å². The van der Waals surface area contributed by atoms with Crippen LogP contribution in [0.4, 0.5) is 0 Å². The lowest BCUT2D eigenvalue weighted by Gasteiger charge is -2.32. The molecule has 0 saturated heterocycles. The van der Waals surface area contributed by atoms with Gasteiger partial charge in [-0.05, 0) is 98.8 Å². The van der Waals surface area contributed by atoms with Gasteiger partial charge >= 0.3 is 0 Å². The zero-order chi connectivity index (χ0) is 33.7. The van der Waals surface area contributed by atoms with Crippen molar-refractivity contribution in [1.29, 1.82) is 0 Å². The van der Waals surface area contributed by atoms with Gasteiger partial charge in [0.2, 0.25) is 0 Å². The fourth-order valence-corrected chi connectivity index (χ4v) is 9.89. The third kappa shape index (κ3) is 3.81. The van der Waals surface area contributed by atoms with Gasteiger partial charge in [-0.3, -0.25) is 0 Å². The molecule has 1 atom stereocenters. The molecule has 3 aliphatic rings. The first-order valence-electron chi connectivity index (χ1n) is 18.1. The minimum atomic E-state index is -0.295. The number of allylic oxidation sites excluding steroid dienone is 4. The van der Waals surface area contributed by atoms with E-state index in [9.17, 15) is 0 Å². The number of benzene rings is 7. The Morgan fingerprint density at radius 2 is 1.22 bits per heavy atom. The maximum absolute atomic E-state index is 2.48. The Hall–Kier alpha value is -6.18. The molecule has 240 valence electrons. The fraction of sp³-hybridized carbons (Fsp3) is 0.0800. The van der Waals surface area contributed by atoms with Crippen LogP contribution in [0.2, 0.25) is 0 Å². The summed E-state index contributed by atoms with van der Waals surface area (Å²) >= 11 is 0. The van der Waals surface area contributed by atoms with Gasteiger partial charge in [0, 0.05) is 22.3 Å². The number of nitrogens with zero attached hydrogens (tertiary/aromatic N) is 1. The molecule has 1 heterocycles. The lowest BCUT2D eigenvalue weighted by Crippen LogP contribution is -2.27. The molecule has 51 heavy (non-hydrogen) atoms. The molecule has 7 aromatic carbocycles. The molecule has 1 unspecified atom stereocenters. The molecule has 0 amide bonds. The first-order valence-corrected chi connectivity index (χ1v) is 18.1. The van der Waals surface area contributed by atoms with Crippen molar-refractivity contribution in [2.75, 3.05) is 0 Å². The van der Waals surface area contributed by atoms with Crippen LogP contribution in [0.15, 0.2) is 182 Å². The van der Waals surface area contributed by atoms with E-state index in [2.05, 4.69) is 187 Å². The minimum Gasteiger partial charge on any atom is -0.309 e. The zero-order valence-corrected chi connectivity index (χ0v) is 28.5. The second-order valence-corrected chi connectivity index (χ2v) is 14.4. The molecule has 1 aromatic heterocycles. The van der Waals surface area contributed by atoms with Gasteiger partial charge in [-0.1, -0.05) is 152 Å². The number of para-hydroxylation sites is 1. The van der Waals surface area contributed by atoms with E-state index >= 15 is 0 Å². The second kappa shape index (κ2) is 10.7. The van der Waals surface area contributed by atoms with E-state index < -0.39 is 0 Å². The van der Waals surface area contributed by atoms with Gasteiger partial charge in [0.05, 0.1) is 22.1 Å². The Morgan fingerprint density at radius 3 is 2.04 bits per heavy atom. The van der Waals surface area contributed by atoms with E-state index in [4.69, 9.17) is 0 Å². The van der Waals surface area contributed by atoms with Crippen LogP contribution >= 0.6 is 0 Å². The summed E-state index contributed by atoms with van der Waals surface area (Å²) < 4.78 is 2.48. The van der Waals surface area contributed by atoms with Crippen LogP contribution in [0, 0.1) is 6.92 Å². The maximum Gasteiger partial charge on any atom is 0.0685 e. The second-order valence-electron chi connectivity index (χ2n) is 14.4. The van der Waals surface area contributed by atoms with Gasteiger partial charge in [-0.15, -0.1) is 0 Å². The predicted molar refractivity (Wildman–Crippen MR) is 213 cm³/mol. The molecule has 0 radical (unpaired) electrons. The van der Waals surface area contributed by atoms with Crippen LogP contribution in [0.5, 0.6) is 0 Å². The van der Waals surface area contributed by atoms with Gasteiger partial charge in [0.15, 0.2) is 0 Å². The quantitative estimate of drug-likeness (QED) is 0.179. The van der Waals surface area contributed by atoms with Gasteiger partial charge in [-0.25, -0.2) is 0 Å². The van der Waals surface area contributed by atoms with E-state index in [1.165, 1.54) is 94.3 Å². The summed E-state index contributed by atoms with van der Waals surface area (Å²) in [6, 6.07) is 59.1. The van der Waals surface area contributed by atoms with Crippen molar-refractivity contribution >= 4 is 21.8 Å². The third-order valence-corrected chi connectivity index (χ3v) is 11.9. The standard InChI is InChI=1S/C50H35N/c1-32-26-28-39-38-18-8-12-25-46(38)51(48(39)30-32)47-29-27-34(31-41(47)33-14-3-2-4-15-33)35-20-13-24-45-49(35)40-19-7-11-23-44(40)50(45)42-21-9-5-16-36(42)37-17-6-10-22-43(37)50/h2-18,20-31,40H,19H2,1H3. The van der Waals surface area contributed by atoms with Crippen LogP contribution in [0.25, 0.3) is 60.9 Å². The summed E-state index contributed by atoms with van der Waals surface area (Å²) in [6.45, 7) is 2.19. The number of aryl methyl sites for hydroxylation is 1. The molecule has 0 N–H and O–H groups in total. The van der Waals surface area contributed by atoms with Gasteiger partial charge in [0.25, 0.3) is 0 Å². The van der Waals surface area contributed by atoms with E-state index in [1.54, 1.807) is 0 Å². The molecule has 1 spiro atoms. The fourth-order valence-electron chi connectivity index (χ4n) is 9.89. The SMILES string of the molecule is Cc1ccc2c3ccccc3n(-c3ccc(-c4cccc5c4C4CC=CC=C4C54c5ccccc5-c5ccccc54)cc3-c3ccccc3)c2c1. The smallest absolute Gasteiger partial charge is 0.0685 e. The first kappa shape index (κ1) is 28.6. The van der Waals surface area contributed by atoms with E-state index in [0.29, 0.717) is 5.92 Å². The van der Waals surface area contributed by atoms with Crippen molar-refractivity contribution in [3.63, 3.8) is 0 Å². The monoisotopic (exact) mass is 649 g/mol. The van der Waals surface area contributed by atoms with E-state index in [0.717, 1.165) is 6.42 Å². The molecular weight excluding hydrogens is 615 g/mol. The Bertz CT molecular complexity index is 2740. The Morgan fingerprint density at radius 1 is 0.529 bits per heavy atom. The molecule has 8 aromatic rings. The Kier molecular flexibility index (Phi) is 5.99. The Balaban J connectivity index is 1.19. The molecule has 11 rings (SSSR count). The first-order chi connectivity index (χ1) is 25.2. The van der Waals surface area contributed by atoms with Gasteiger partial charge < -0.3 is 4.57 Å². The normalized spacial score (nSPS) is 16.3. The highest BCUT2D eigenvalue weighted by atomic mass is 15.0. The molecule has 0 saturated carbocycles. The summed E-state index contributed by atoms with van der Waals surface area (Å²) in [5.74, 6) is 0.306. The van der Waals surface area contributed by atoms with E-state index in [-0.39, 0.29) is 5.41 Å². The minimum absolute atomic E-state index is 0.295. The largest absolute Gasteiger partial charge is 0.309 e. The molecule has 0 aliphatic heterocycles. The number of hydrogen-bond acceptors (Lipinski definition) is 0. The number of aromatic nitrogens is 1. The highest BCUT2D eigenvalue weighted by molar-refractivity contribution is 6.10. The van der Waals surface area contributed by atoms with Crippen LogP contribution < -0.4 is 0 Å². The van der Waals surface area contributed by atoms with Crippen LogP contribution in [0.1, 0.15) is 40.2 Å². The molecular formula is C50H35N. The topological polar surface area (TPSA) is 4.93 Å². The van der Waals surface area contributed by atoms with Crippen molar-refractivity contribution in [3.05, 3.63) is 209 Å². The summed E-state index contributed by atoms with van der Waals surface area (Å²) in [5.41, 5.74) is 19.6. The van der Waals surface area contributed by atoms with Gasteiger partial charge in [0.1, 0.15) is 0 Å².